The van der Waals surface area contributed by atoms with Crippen molar-refractivity contribution in [2.45, 2.75) is 57.8 Å². The zero-order valence-electron chi connectivity index (χ0n) is 30.6. The van der Waals surface area contributed by atoms with E-state index in [9.17, 15) is 19.2 Å². The van der Waals surface area contributed by atoms with Crippen LogP contribution in [0.3, 0.4) is 0 Å². The summed E-state index contributed by atoms with van der Waals surface area (Å²) in [6.45, 7) is 5.06. The third-order valence-electron chi connectivity index (χ3n) is 8.77. The van der Waals surface area contributed by atoms with Crippen molar-refractivity contribution in [1.82, 2.24) is 50.6 Å². The molecule has 2 aliphatic heterocycles. The quantitative estimate of drug-likeness (QED) is 0.197. The fourth-order valence-corrected chi connectivity index (χ4v) is 5.92. The van der Waals surface area contributed by atoms with Gasteiger partial charge < -0.3 is 35.5 Å². The Morgan fingerprint density at radius 3 is 2.59 bits per heavy atom. The molecule has 282 valence electrons. The molecule has 0 unspecified atom stereocenters. The van der Waals surface area contributed by atoms with Crippen molar-refractivity contribution in [1.29, 1.82) is 0 Å². The normalized spacial score (nSPS) is 18.1. The molecule has 0 radical (unpaired) electrons. The summed E-state index contributed by atoms with van der Waals surface area (Å²) in [6, 6.07) is 14.1. The highest BCUT2D eigenvalue weighted by Gasteiger charge is 2.35. The average molecular weight is 739 g/mol. The van der Waals surface area contributed by atoms with Gasteiger partial charge in [-0.05, 0) is 68.3 Å². The Balaban J connectivity index is 1.27. The Morgan fingerprint density at radius 2 is 1.83 bits per heavy atom. The summed E-state index contributed by atoms with van der Waals surface area (Å²) < 4.78 is 19.5. The van der Waals surface area contributed by atoms with Crippen molar-refractivity contribution < 1.29 is 33.4 Å². The molecule has 0 saturated heterocycles. The van der Waals surface area contributed by atoms with E-state index in [0.29, 0.717) is 41.0 Å². The number of rotatable bonds is 6. The number of hydrogen-bond donors (Lipinski definition) is 4. The van der Waals surface area contributed by atoms with Gasteiger partial charge in [0, 0.05) is 19.0 Å². The number of nitrogens with one attached hydrogen (secondary N) is 4. The number of imidazole rings is 1. The van der Waals surface area contributed by atoms with Gasteiger partial charge in [-0.1, -0.05) is 18.2 Å². The number of fused-ring (bicyclic) bond motifs is 15. The summed E-state index contributed by atoms with van der Waals surface area (Å²) >= 11 is 0. The molecule has 5 aromatic rings. The molecule has 7 rings (SSSR count). The summed E-state index contributed by atoms with van der Waals surface area (Å²) in [6.07, 6.45) is 3.31. The number of aromatic nitrogens is 6. The predicted molar refractivity (Wildman–Crippen MR) is 194 cm³/mol. The fraction of sp³-hybridized carbons (Fsp3) is 0.351. The van der Waals surface area contributed by atoms with Crippen LogP contribution < -0.4 is 35.5 Å². The summed E-state index contributed by atoms with van der Waals surface area (Å²) in [7, 11) is 3.10. The van der Waals surface area contributed by atoms with E-state index in [0.717, 1.165) is 11.1 Å². The minimum absolute atomic E-state index is 0.0954. The molecule has 0 saturated carbocycles. The van der Waals surface area contributed by atoms with Gasteiger partial charge in [-0.2, -0.15) is 10.2 Å². The van der Waals surface area contributed by atoms with E-state index in [1.807, 2.05) is 12.1 Å². The number of carbonyl (C=O) groups is 4. The van der Waals surface area contributed by atoms with E-state index in [2.05, 4.69) is 36.4 Å². The van der Waals surface area contributed by atoms with E-state index in [1.54, 1.807) is 77.5 Å². The molecule has 5 heterocycles. The lowest BCUT2D eigenvalue weighted by molar-refractivity contribution is -0.133. The van der Waals surface area contributed by atoms with E-state index in [4.69, 9.17) is 19.2 Å². The smallest absolute Gasteiger partial charge is 0.272 e. The van der Waals surface area contributed by atoms with Gasteiger partial charge in [0.1, 0.15) is 42.0 Å². The van der Waals surface area contributed by atoms with Gasteiger partial charge in [0.15, 0.2) is 23.0 Å². The SMILES string of the molecule is COc1ccc(Cc2nc3n(n2)CC(=O)NCCOc2ccc(cc2)C[C@H](NC(=O)c2cnc4cccnn24)C(=O)NC(C)(C)C(=O)N[C@@H]3C)cc1OC. The molecule has 17 heteroatoms. The van der Waals surface area contributed by atoms with Gasteiger partial charge in [-0.3, -0.25) is 19.2 Å². The molecule has 3 aromatic heterocycles. The maximum Gasteiger partial charge on any atom is 0.272 e. The van der Waals surface area contributed by atoms with Gasteiger partial charge in [0.2, 0.25) is 17.7 Å². The molecule has 0 fully saturated rings. The Morgan fingerprint density at radius 1 is 1.06 bits per heavy atom. The molecule has 54 heavy (non-hydrogen) atoms. The minimum Gasteiger partial charge on any atom is -0.493 e. The molecule has 4 N–H and O–H groups in total. The van der Waals surface area contributed by atoms with Crippen LogP contribution in [0.1, 0.15) is 60.1 Å². The molecule has 17 nitrogen and oxygen atoms in total. The molecule has 2 aliphatic rings. The zero-order valence-corrected chi connectivity index (χ0v) is 30.6. The van der Waals surface area contributed by atoms with Gasteiger partial charge >= 0.3 is 0 Å². The van der Waals surface area contributed by atoms with Crippen LogP contribution in [-0.2, 0) is 33.8 Å². The van der Waals surface area contributed by atoms with E-state index in [1.165, 1.54) is 21.6 Å². The van der Waals surface area contributed by atoms with Crippen LogP contribution in [0.25, 0.3) is 5.65 Å². The first-order valence-corrected chi connectivity index (χ1v) is 17.3. The number of nitrogens with zero attached hydrogens (tertiary/aromatic N) is 6. The van der Waals surface area contributed by atoms with Crippen LogP contribution in [0.15, 0.2) is 67.0 Å². The maximum absolute atomic E-state index is 14.0. The highest BCUT2D eigenvalue weighted by molar-refractivity contribution is 5.98. The van der Waals surface area contributed by atoms with Gasteiger partial charge in [0.25, 0.3) is 5.91 Å². The highest BCUT2D eigenvalue weighted by atomic mass is 16.5. The lowest BCUT2D eigenvalue weighted by Crippen LogP contribution is -2.60. The Hall–Kier alpha value is -6.52. The predicted octanol–water partition coefficient (Wildman–Crippen LogP) is 1.55. The fourth-order valence-electron chi connectivity index (χ4n) is 5.92. The zero-order chi connectivity index (χ0) is 38.4. The first-order chi connectivity index (χ1) is 25.9. The number of methoxy groups -OCH3 is 2. The van der Waals surface area contributed by atoms with Crippen molar-refractivity contribution in [3.8, 4) is 17.2 Å². The molecule has 0 aliphatic carbocycles. The summed E-state index contributed by atoms with van der Waals surface area (Å²) in [4.78, 5) is 63.3. The first kappa shape index (κ1) is 37.2. The maximum atomic E-state index is 14.0. The first-order valence-electron chi connectivity index (χ1n) is 17.3. The summed E-state index contributed by atoms with van der Waals surface area (Å²) in [5.74, 6) is 0.374. The Kier molecular flexibility index (Phi) is 11.0. The Bertz CT molecular complexity index is 2160. The minimum atomic E-state index is -1.46. The van der Waals surface area contributed by atoms with E-state index in [-0.39, 0.29) is 37.7 Å². The van der Waals surface area contributed by atoms with Crippen LogP contribution >= 0.6 is 0 Å². The molecule has 2 atom stereocenters. The molecule has 2 aromatic carbocycles. The van der Waals surface area contributed by atoms with Crippen LogP contribution in [-0.4, -0.2) is 91.9 Å². The molecule has 0 spiro atoms. The summed E-state index contributed by atoms with van der Waals surface area (Å²) in [5, 5.41) is 20.2. The highest BCUT2D eigenvalue weighted by Crippen LogP contribution is 2.28. The molecular formula is C37H42N10O7. The van der Waals surface area contributed by atoms with Crippen molar-refractivity contribution in [3.63, 3.8) is 0 Å². The molecule has 2 bridgehead atoms. The van der Waals surface area contributed by atoms with Crippen molar-refractivity contribution in [2.75, 3.05) is 27.4 Å². The lowest BCUT2D eigenvalue weighted by atomic mass is 10.00. The van der Waals surface area contributed by atoms with Crippen molar-refractivity contribution in [2.24, 2.45) is 0 Å². The number of benzene rings is 2. The van der Waals surface area contributed by atoms with Crippen LogP contribution in [0.2, 0.25) is 0 Å². The monoisotopic (exact) mass is 738 g/mol. The standard InChI is InChI=1S/C37H42N10O7/c1-22-33-43-30(19-24-10-13-28(52-4)29(18-24)53-5)45-46(33)21-32(48)38-15-16-54-25-11-8-23(9-12-25)17-26(34(49)44-37(2,3)36(51)41-22)42-35(50)27-20-39-31-7-6-14-40-47(27)31/h6-14,18,20,22,26H,15-17,19,21H2,1-5H3,(H,38,48)(H,41,51)(H,42,50)(H,44,49)/t22-,26+/m1/s1. The molecule has 4 amide bonds. The second kappa shape index (κ2) is 16.0. The van der Waals surface area contributed by atoms with Gasteiger partial charge in [-0.25, -0.2) is 19.2 Å². The second-order valence-corrected chi connectivity index (χ2v) is 13.2. The Labute approximate surface area is 310 Å². The largest absolute Gasteiger partial charge is 0.493 e. The van der Waals surface area contributed by atoms with Crippen LogP contribution in [0, 0.1) is 0 Å². The topological polar surface area (TPSA) is 205 Å². The number of hydrogen-bond acceptors (Lipinski definition) is 11. The molecular weight excluding hydrogens is 696 g/mol. The van der Waals surface area contributed by atoms with Gasteiger partial charge in [-0.15, -0.1) is 0 Å². The summed E-state index contributed by atoms with van der Waals surface area (Å²) in [5.41, 5.74) is 0.710. The third kappa shape index (κ3) is 8.57. The number of amides is 4. The van der Waals surface area contributed by atoms with Gasteiger partial charge in [0.05, 0.1) is 33.0 Å². The average Bonchev–Trinajstić information content (AvgIpc) is 3.77. The van der Waals surface area contributed by atoms with E-state index < -0.39 is 35.3 Å². The second-order valence-electron chi connectivity index (χ2n) is 13.2. The van der Waals surface area contributed by atoms with Crippen molar-refractivity contribution in [3.05, 3.63) is 95.5 Å². The van der Waals surface area contributed by atoms with E-state index >= 15 is 0 Å². The number of carbonyl (C=O) groups excluding carboxylic acids is 4. The van der Waals surface area contributed by atoms with Crippen molar-refractivity contribution >= 4 is 29.3 Å². The number of ether oxygens (including phenoxy) is 3. The third-order valence-corrected chi connectivity index (χ3v) is 8.77. The lowest BCUT2D eigenvalue weighted by Gasteiger charge is -2.29. The van der Waals surface area contributed by atoms with Crippen LogP contribution in [0.4, 0.5) is 0 Å². The van der Waals surface area contributed by atoms with Crippen LogP contribution in [0.5, 0.6) is 17.2 Å².